The predicted octanol–water partition coefficient (Wildman–Crippen LogP) is 1.61. The first-order chi connectivity index (χ1) is 11.7. The molecule has 3 heterocycles. The topological polar surface area (TPSA) is 83.0 Å². The van der Waals surface area contributed by atoms with Crippen molar-refractivity contribution in [3.05, 3.63) is 11.5 Å². The standard InChI is InChI=1S/C16H22F2N4O3/c1-15(2,3)25-14(24)22-9(11(17)18)8-20-12-10(22)16(13(23)21-12)4-6-19-7-5-16/h8-9,11,19H,4-7H2,1-3H3,(H,21,23). The molecule has 138 valence electrons. The molecule has 3 aliphatic heterocycles. The van der Waals surface area contributed by atoms with Gasteiger partial charge in [0.2, 0.25) is 5.91 Å². The smallest absolute Gasteiger partial charge is 0.415 e. The van der Waals surface area contributed by atoms with Crippen LogP contribution < -0.4 is 10.6 Å². The average Bonchev–Trinajstić information content (AvgIpc) is 2.78. The summed E-state index contributed by atoms with van der Waals surface area (Å²) in [6, 6.07) is -1.56. The molecule has 25 heavy (non-hydrogen) atoms. The maximum atomic E-state index is 13.6. The minimum Gasteiger partial charge on any atom is -0.443 e. The molecule has 2 N–H and O–H groups in total. The summed E-state index contributed by atoms with van der Waals surface area (Å²) in [5.41, 5.74) is -1.68. The molecule has 1 fully saturated rings. The Morgan fingerprint density at radius 2 is 2.04 bits per heavy atom. The highest BCUT2D eigenvalue weighted by Crippen LogP contribution is 2.47. The van der Waals surface area contributed by atoms with Gasteiger partial charge in [-0.25, -0.2) is 18.6 Å². The van der Waals surface area contributed by atoms with Crippen LogP contribution in [0.25, 0.3) is 0 Å². The maximum absolute atomic E-state index is 13.6. The SMILES string of the molecule is CC(C)(C)OC(=O)N1C2=C(N=CC1C(F)F)NC(=O)C21CCNCC1. The molecule has 0 aromatic rings. The van der Waals surface area contributed by atoms with Gasteiger partial charge < -0.3 is 15.4 Å². The molecular formula is C16H22F2N4O3. The molecule has 0 bridgehead atoms. The van der Waals surface area contributed by atoms with Crippen LogP contribution in [0.4, 0.5) is 13.6 Å². The molecule has 9 heteroatoms. The molecule has 1 atom stereocenters. The lowest BCUT2D eigenvalue weighted by Gasteiger charge is -2.41. The third-order valence-corrected chi connectivity index (χ3v) is 4.55. The van der Waals surface area contributed by atoms with E-state index in [4.69, 9.17) is 4.74 Å². The van der Waals surface area contributed by atoms with Gasteiger partial charge in [0.1, 0.15) is 11.6 Å². The van der Waals surface area contributed by atoms with Gasteiger partial charge in [0.05, 0.1) is 11.1 Å². The van der Waals surface area contributed by atoms with E-state index in [1.807, 2.05) is 0 Å². The fourth-order valence-electron chi connectivity index (χ4n) is 3.44. The number of aliphatic imine (C=N–C) groups is 1. The van der Waals surface area contributed by atoms with Gasteiger partial charge in [0.15, 0.2) is 5.82 Å². The highest BCUT2D eigenvalue weighted by Gasteiger charge is 2.56. The first-order valence-corrected chi connectivity index (χ1v) is 8.27. The summed E-state index contributed by atoms with van der Waals surface area (Å²) in [4.78, 5) is 30.3. The van der Waals surface area contributed by atoms with Crippen molar-refractivity contribution in [1.29, 1.82) is 0 Å². The Morgan fingerprint density at radius 3 is 2.60 bits per heavy atom. The van der Waals surface area contributed by atoms with Crippen molar-refractivity contribution in [1.82, 2.24) is 15.5 Å². The summed E-state index contributed by atoms with van der Waals surface area (Å²) < 4.78 is 32.5. The summed E-state index contributed by atoms with van der Waals surface area (Å²) in [5, 5.41) is 5.79. The number of hydrogen-bond donors (Lipinski definition) is 2. The number of alkyl halides is 2. The second kappa shape index (κ2) is 6.05. The molecule has 0 aliphatic carbocycles. The summed E-state index contributed by atoms with van der Waals surface area (Å²) in [6.45, 7) is 6.08. The molecule has 0 aromatic carbocycles. The van der Waals surface area contributed by atoms with Crippen molar-refractivity contribution < 1.29 is 23.1 Å². The Labute approximate surface area is 144 Å². The number of amides is 2. The third-order valence-electron chi connectivity index (χ3n) is 4.55. The molecule has 1 spiro atoms. The van der Waals surface area contributed by atoms with E-state index in [1.54, 1.807) is 20.8 Å². The maximum Gasteiger partial charge on any atom is 0.415 e. The number of rotatable bonds is 1. The van der Waals surface area contributed by atoms with E-state index in [0.717, 1.165) is 11.1 Å². The van der Waals surface area contributed by atoms with E-state index in [9.17, 15) is 18.4 Å². The fourth-order valence-corrected chi connectivity index (χ4v) is 3.44. The fraction of sp³-hybridized carbons (Fsp3) is 0.688. The minimum atomic E-state index is -2.85. The number of carbonyl (C=O) groups is 2. The minimum absolute atomic E-state index is 0.162. The molecule has 0 radical (unpaired) electrons. The number of nitrogens with zero attached hydrogens (tertiary/aromatic N) is 2. The van der Waals surface area contributed by atoms with Crippen LogP contribution in [0.3, 0.4) is 0 Å². The molecule has 0 saturated carbocycles. The molecule has 3 aliphatic rings. The van der Waals surface area contributed by atoms with Crippen molar-refractivity contribution in [2.75, 3.05) is 13.1 Å². The first kappa shape index (κ1) is 17.8. The molecule has 2 amide bonds. The van der Waals surface area contributed by atoms with Crippen molar-refractivity contribution >= 4 is 18.2 Å². The molecule has 0 aromatic heterocycles. The molecule has 1 unspecified atom stereocenters. The van der Waals surface area contributed by atoms with Crippen LogP contribution in [0, 0.1) is 5.41 Å². The van der Waals surface area contributed by atoms with Gasteiger partial charge in [0.25, 0.3) is 6.43 Å². The predicted molar refractivity (Wildman–Crippen MR) is 86.1 cm³/mol. The number of fused-ring (bicyclic) bond motifs is 1. The van der Waals surface area contributed by atoms with Crippen LogP contribution in [-0.2, 0) is 9.53 Å². The Balaban J connectivity index is 2.05. The Hall–Kier alpha value is -2.03. The molecule has 1 saturated heterocycles. The highest BCUT2D eigenvalue weighted by atomic mass is 19.3. The summed E-state index contributed by atoms with van der Waals surface area (Å²) in [6.07, 6.45) is -1.94. The van der Waals surface area contributed by atoms with Crippen LogP contribution in [-0.4, -0.2) is 54.3 Å². The van der Waals surface area contributed by atoms with E-state index in [0.29, 0.717) is 25.9 Å². The van der Waals surface area contributed by atoms with Crippen LogP contribution >= 0.6 is 0 Å². The van der Waals surface area contributed by atoms with Crippen molar-refractivity contribution in [2.24, 2.45) is 10.4 Å². The van der Waals surface area contributed by atoms with E-state index in [2.05, 4.69) is 15.6 Å². The Bertz CT molecular complexity index is 648. The van der Waals surface area contributed by atoms with Gasteiger partial charge in [-0.15, -0.1) is 0 Å². The zero-order valence-corrected chi connectivity index (χ0v) is 14.4. The molecule has 7 nitrogen and oxygen atoms in total. The van der Waals surface area contributed by atoms with Crippen LogP contribution in [0.5, 0.6) is 0 Å². The lowest BCUT2D eigenvalue weighted by atomic mass is 9.75. The zero-order chi connectivity index (χ0) is 18.4. The van der Waals surface area contributed by atoms with E-state index in [1.165, 1.54) is 0 Å². The Kier molecular flexibility index (Phi) is 4.30. The van der Waals surface area contributed by atoms with Crippen LogP contribution in [0.2, 0.25) is 0 Å². The van der Waals surface area contributed by atoms with Gasteiger partial charge in [-0.05, 0) is 46.7 Å². The number of carbonyl (C=O) groups excluding carboxylic acids is 2. The van der Waals surface area contributed by atoms with Crippen molar-refractivity contribution in [2.45, 2.75) is 51.7 Å². The zero-order valence-electron chi connectivity index (χ0n) is 14.4. The monoisotopic (exact) mass is 356 g/mol. The summed E-state index contributed by atoms with van der Waals surface area (Å²) >= 11 is 0. The number of nitrogens with one attached hydrogen (secondary N) is 2. The quantitative estimate of drug-likeness (QED) is 0.748. The van der Waals surface area contributed by atoms with Gasteiger partial charge >= 0.3 is 6.09 Å². The summed E-state index contributed by atoms with van der Waals surface area (Å²) in [7, 11) is 0. The normalized spacial score (nSPS) is 25.4. The van der Waals surface area contributed by atoms with Crippen LogP contribution in [0.1, 0.15) is 33.6 Å². The second-order valence-corrected chi connectivity index (χ2v) is 7.44. The number of ether oxygens (including phenoxy) is 1. The number of piperidine rings is 1. The number of hydrogen-bond acceptors (Lipinski definition) is 5. The Morgan fingerprint density at radius 1 is 1.40 bits per heavy atom. The van der Waals surface area contributed by atoms with Gasteiger partial charge in [0, 0.05) is 6.21 Å². The molecule has 3 rings (SSSR count). The van der Waals surface area contributed by atoms with Crippen LogP contribution in [0.15, 0.2) is 16.5 Å². The third kappa shape index (κ3) is 3.01. The van der Waals surface area contributed by atoms with E-state index < -0.39 is 29.6 Å². The van der Waals surface area contributed by atoms with E-state index in [-0.39, 0.29) is 17.4 Å². The number of halogens is 2. The van der Waals surface area contributed by atoms with E-state index >= 15 is 0 Å². The van der Waals surface area contributed by atoms with Gasteiger partial charge in [-0.1, -0.05) is 0 Å². The van der Waals surface area contributed by atoms with Gasteiger partial charge in [-0.2, -0.15) is 0 Å². The summed E-state index contributed by atoms with van der Waals surface area (Å²) in [5.74, 6) is -0.144. The largest absolute Gasteiger partial charge is 0.443 e. The average molecular weight is 356 g/mol. The van der Waals surface area contributed by atoms with Crippen molar-refractivity contribution in [3.8, 4) is 0 Å². The van der Waals surface area contributed by atoms with Crippen molar-refractivity contribution in [3.63, 3.8) is 0 Å². The van der Waals surface area contributed by atoms with Gasteiger partial charge in [-0.3, -0.25) is 9.69 Å². The second-order valence-electron chi connectivity index (χ2n) is 7.44. The lowest BCUT2D eigenvalue weighted by molar-refractivity contribution is -0.128. The molecular weight excluding hydrogens is 334 g/mol. The lowest BCUT2D eigenvalue weighted by Crippen LogP contribution is -2.54. The highest BCUT2D eigenvalue weighted by molar-refractivity contribution is 5.95. The first-order valence-electron chi connectivity index (χ1n) is 8.27.